The van der Waals surface area contributed by atoms with Gasteiger partial charge in [-0.1, -0.05) is 12.1 Å². The Balaban J connectivity index is 2.50. The first-order valence-electron chi connectivity index (χ1n) is 6.44. The Hall–Kier alpha value is -2.91. The number of carbonyl (C=O) groups is 1. The van der Waals surface area contributed by atoms with Gasteiger partial charge in [-0.3, -0.25) is 0 Å². The van der Waals surface area contributed by atoms with E-state index in [-0.39, 0.29) is 11.1 Å². The Morgan fingerprint density at radius 3 is 1.92 bits per heavy atom. The third kappa shape index (κ3) is 5.30. The van der Waals surface area contributed by atoms with Gasteiger partial charge in [0.15, 0.2) is 0 Å². The summed E-state index contributed by atoms with van der Waals surface area (Å²) in [5.74, 6) is -2.84. The monoisotopic (exact) mass is 366 g/mol. The summed E-state index contributed by atoms with van der Waals surface area (Å²) >= 11 is 0. The highest BCUT2D eigenvalue weighted by Gasteiger charge is 2.32. The molecule has 0 aromatic heterocycles. The van der Waals surface area contributed by atoms with Gasteiger partial charge in [0.05, 0.1) is 5.56 Å². The van der Waals surface area contributed by atoms with Crippen LogP contribution >= 0.6 is 0 Å². The molecule has 0 amide bonds. The molecule has 10 heteroatoms. The van der Waals surface area contributed by atoms with Gasteiger partial charge in [0, 0.05) is 0 Å². The Morgan fingerprint density at radius 1 is 0.840 bits per heavy atom. The molecule has 2 rings (SSSR count). The number of hydrogen-bond acceptors (Lipinski definition) is 3. The summed E-state index contributed by atoms with van der Waals surface area (Å²) < 4.78 is 81.1. The molecular weight excluding hydrogens is 358 g/mol. The fraction of sp³-hybridized carbons (Fsp3) is 0.133. The highest BCUT2D eigenvalue weighted by atomic mass is 19.4. The van der Waals surface area contributed by atoms with Crippen molar-refractivity contribution in [1.82, 2.24) is 0 Å². The molecule has 1 N–H and O–H groups in total. The van der Waals surface area contributed by atoms with Gasteiger partial charge in [0.1, 0.15) is 11.5 Å². The molecule has 2 aromatic carbocycles. The van der Waals surface area contributed by atoms with Crippen molar-refractivity contribution < 1.29 is 45.7 Å². The summed E-state index contributed by atoms with van der Waals surface area (Å²) in [7, 11) is 0. The zero-order valence-electron chi connectivity index (χ0n) is 12.0. The maximum Gasteiger partial charge on any atom is 0.573 e. The summed E-state index contributed by atoms with van der Waals surface area (Å²) in [6, 6.07) is 6.60. The number of rotatable bonds is 4. The van der Waals surface area contributed by atoms with E-state index >= 15 is 0 Å². The molecule has 0 spiro atoms. The quantitative estimate of drug-likeness (QED) is 0.786. The first-order valence-corrected chi connectivity index (χ1v) is 6.44. The zero-order chi connectivity index (χ0) is 18.8. The topological polar surface area (TPSA) is 55.8 Å². The minimum Gasteiger partial charge on any atom is -0.478 e. The summed E-state index contributed by atoms with van der Waals surface area (Å²) in [4.78, 5) is 11.2. The smallest absolute Gasteiger partial charge is 0.478 e. The van der Waals surface area contributed by atoms with Gasteiger partial charge in [-0.05, 0) is 41.5 Å². The van der Waals surface area contributed by atoms with Gasteiger partial charge in [-0.2, -0.15) is 0 Å². The molecule has 0 aliphatic heterocycles. The summed E-state index contributed by atoms with van der Waals surface area (Å²) in [6.45, 7) is 0. The SMILES string of the molecule is O=C(O)c1ccc(OC(F)(F)F)cc1-c1cccc(OC(F)(F)F)c1. The lowest BCUT2D eigenvalue weighted by Crippen LogP contribution is -2.17. The first kappa shape index (κ1) is 18.4. The Labute approximate surface area is 136 Å². The van der Waals surface area contributed by atoms with Crippen LogP contribution in [0.1, 0.15) is 10.4 Å². The zero-order valence-corrected chi connectivity index (χ0v) is 12.0. The molecule has 0 saturated carbocycles. The predicted octanol–water partition coefficient (Wildman–Crippen LogP) is 4.85. The lowest BCUT2D eigenvalue weighted by atomic mass is 9.99. The van der Waals surface area contributed by atoms with E-state index in [0.29, 0.717) is 0 Å². The summed E-state index contributed by atoms with van der Waals surface area (Å²) in [6.07, 6.45) is -9.99. The molecular formula is C15H8F6O4. The molecule has 25 heavy (non-hydrogen) atoms. The van der Waals surface area contributed by atoms with E-state index in [0.717, 1.165) is 36.4 Å². The number of halogens is 6. The highest BCUT2D eigenvalue weighted by Crippen LogP contribution is 2.33. The van der Waals surface area contributed by atoms with Crippen molar-refractivity contribution in [2.24, 2.45) is 0 Å². The average Bonchev–Trinajstić information content (AvgIpc) is 2.43. The van der Waals surface area contributed by atoms with Gasteiger partial charge in [0.25, 0.3) is 0 Å². The van der Waals surface area contributed by atoms with Crippen molar-refractivity contribution in [3.8, 4) is 22.6 Å². The van der Waals surface area contributed by atoms with Crippen LogP contribution < -0.4 is 9.47 Å². The van der Waals surface area contributed by atoms with Crippen LogP contribution in [-0.4, -0.2) is 23.8 Å². The molecule has 0 saturated heterocycles. The molecule has 0 bridgehead atoms. The molecule has 0 aliphatic rings. The number of alkyl halides is 6. The second-order valence-electron chi connectivity index (χ2n) is 4.64. The van der Waals surface area contributed by atoms with E-state index in [9.17, 15) is 31.1 Å². The van der Waals surface area contributed by atoms with E-state index in [1.54, 1.807) is 0 Å². The van der Waals surface area contributed by atoms with Crippen LogP contribution in [0.25, 0.3) is 11.1 Å². The van der Waals surface area contributed by atoms with E-state index < -0.39 is 35.8 Å². The fourth-order valence-electron chi connectivity index (χ4n) is 2.01. The first-order chi connectivity index (χ1) is 11.4. The van der Waals surface area contributed by atoms with Crippen molar-refractivity contribution in [3.05, 3.63) is 48.0 Å². The minimum atomic E-state index is -5.01. The molecule has 2 aromatic rings. The standard InChI is InChI=1S/C15H8F6O4/c16-14(17,18)24-9-3-1-2-8(6-9)12-7-10(25-15(19,20)21)4-5-11(12)13(22)23/h1-7H,(H,22,23). The summed E-state index contributed by atoms with van der Waals surface area (Å²) in [5.41, 5.74) is -0.771. The van der Waals surface area contributed by atoms with Crippen molar-refractivity contribution in [3.63, 3.8) is 0 Å². The van der Waals surface area contributed by atoms with E-state index in [4.69, 9.17) is 5.11 Å². The summed E-state index contributed by atoms with van der Waals surface area (Å²) in [5, 5.41) is 9.13. The number of carboxylic acids is 1. The van der Waals surface area contributed by atoms with E-state index in [2.05, 4.69) is 9.47 Å². The van der Waals surface area contributed by atoms with Crippen LogP contribution in [0.2, 0.25) is 0 Å². The maximum atomic E-state index is 12.3. The van der Waals surface area contributed by atoms with Crippen LogP contribution in [0.15, 0.2) is 42.5 Å². The van der Waals surface area contributed by atoms with Crippen molar-refractivity contribution in [2.75, 3.05) is 0 Å². The Morgan fingerprint density at radius 2 is 1.40 bits per heavy atom. The normalized spacial score (nSPS) is 11.9. The number of ether oxygens (including phenoxy) is 2. The lowest BCUT2D eigenvalue weighted by molar-refractivity contribution is -0.275. The number of carboxylic acid groups (broad SMARTS) is 1. The van der Waals surface area contributed by atoms with Crippen molar-refractivity contribution in [1.29, 1.82) is 0 Å². The second kappa shape index (κ2) is 6.54. The lowest BCUT2D eigenvalue weighted by Gasteiger charge is -2.14. The second-order valence-corrected chi connectivity index (χ2v) is 4.64. The highest BCUT2D eigenvalue weighted by molar-refractivity contribution is 5.96. The van der Waals surface area contributed by atoms with Crippen molar-refractivity contribution >= 4 is 5.97 Å². The molecule has 0 fully saturated rings. The van der Waals surface area contributed by atoms with Gasteiger partial charge in [-0.15, -0.1) is 26.3 Å². The molecule has 4 nitrogen and oxygen atoms in total. The minimum absolute atomic E-state index is 0.0909. The van der Waals surface area contributed by atoms with Crippen LogP contribution in [0.5, 0.6) is 11.5 Å². The number of benzene rings is 2. The van der Waals surface area contributed by atoms with E-state index in [1.807, 2.05) is 0 Å². The van der Waals surface area contributed by atoms with Gasteiger partial charge >= 0.3 is 18.7 Å². The largest absolute Gasteiger partial charge is 0.573 e. The predicted molar refractivity (Wildman–Crippen MR) is 72.2 cm³/mol. The average molecular weight is 366 g/mol. The third-order valence-electron chi connectivity index (χ3n) is 2.83. The molecule has 0 unspecified atom stereocenters. The van der Waals surface area contributed by atoms with Crippen molar-refractivity contribution in [2.45, 2.75) is 12.7 Å². The van der Waals surface area contributed by atoms with Gasteiger partial charge in [-0.25, -0.2) is 4.79 Å². The third-order valence-corrected chi connectivity index (χ3v) is 2.83. The number of aromatic carboxylic acids is 1. The Bertz CT molecular complexity index is 782. The van der Waals surface area contributed by atoms with Crippen LogP contribution in [0.4, 0.5) is 26.3 Å². The van der Waals surface area contributed by atoms with Crippen LogP contribution in [0, 0.1) is 0 Å². The van der Waals surface area contributed by atoms with E-state index in [1.165, 1.54) is 6.07 Å². The number of hydrogen-bond donors (Lipinski definition) is 1. The van der Waals surface area contributed by atoms with Gasteiger partial charge in [0.2, 0.25) is 0 Å². The Kier molecular flexibility index (Phi) is 4.82. The van der Waals surface area contributed by atoms with Crippen LogP contribution in [-0.2, 0) is 0 Å². The fourth-order valence-corrected chi connectivity index (χ4v) is 2.01. The van der Waals surface area contributed by atoms with Gasteiger partial charge < -0.3 is 14.6 Å². The molecule has 0 heterocycles. The molecule has 0 radical (unpaired) electrons. The molecule has 0 aliphatic carbocycles. The van der Waals surface area contributed by atoms with Crippen LogP contribution in [0.3, 0.4) is 0 Å². The molecule has 134 valence electrons. The molecule has 0 atom stereocenters. The maximum absolute atomic E-state index is 12.3.